The summed E-state index contributed by atoms with van der Waals surface area (Å²) in [5.41, 5.74) is 2.97. The third-order valence-corrected chi connectivity index (χ3v) is 6.27. The SMILES string of the molecule is C.C.C.C/C=C/C1CCC(C2CCC(c3ccc(C)cc3)CC2)CC1.[HH].[HH]. The van der Waals surface area contributed by atoms with Crippen molar-refractivity contribution < 1.29 is 2.85 Å². The summed E-state index contributed by atoms with van der Waals surface area (Å²) in [6.07, 6.45) is 16.3. The van der Waals surface area contributed by atoms with Crippen molar-refractivity contribution in [3.05, 3.63) is 47.5 Å². The minimum atomic E-state index is 0. The molecule has 2 aliphatic carbocycles. The van der Waals surface area contributed by atoms with Crippen LogP contribution in [0.15, 0.2) is 36.4 Å². The van der Waals surface area contributed by atoms with Gasteiger partial charge < -0.3 is 0 Å². The van der Waals surface area contributed by atoms with E-state index in [0.29, 0.717) is 0 Å². The Kier molecular flexibility index (Phi) is 11.1. The lowest BCUT2D eigenvalue weighted by Gasteiger charge is -2.37. The first-order valence-electron chi connectivity index (χ1n) is 9.45. The second kappa shape index (κ2) is 11.6. The highest BCUT2D eigenvalue weighted by Crippen LogP contribution is 2.44. The van der Waals surface area contributed by atoms with Crippen LogP contribution in [0.2, 0.25) is 0 Å². The van der Waals surface area contributed by atoms with Crippen LogP contribution in [0, 0.1) is 24.7 Å². The maximum Gasteiger partial charge on any atom is 0 e. The molecule has 25 heavy (non-hydrogen) atoms. The second-order valence-corrected chi connectivity index (χ2v) is 7.72. The molecule has 1 aromatic carbocycles. The van der Waals surface area contributed by atoms with Gasteiger partial charge in [-0.1, -0.05) is 64.3 Å². The van der Waals surface area contributed by atoms with E-state index in [1.165, 1.54) is 56.9 Å². The molecule has 0 amide bonds. The molecule has 3 rings (SSSR count). The van der Waals surface area contributed by atoms with E-state index in [0.717, 1.165) is 23.7 Å². The lowest BCUT2D eigenvalue weighted by atomic mass is 9.68. The smallest absolute Gasteiger partial charge is 0 e. The van der Waals surface area contributed by atoms with Crippen LogP contribution < -0.4 is 0 Å². The highest BCUT2D eigenvalue weighted by Gasteiger charge is 2.30. The van der Waals surface area contributed by atoms with Crippen LogP contribution >= 0.6 is 0 Å². The first-order valence-corrected chi connectivity index (χ1v) is 9.45. The predicted octanol–water partition coefficient (Wildman–Crippen LogP) is 9.05. The van der Waals surface area contributed by atoms with Crippen LogP contribution in [-0.4, -0.2) is 0 Å². The topological polar surface area (TPSA) is 0 Å². The molecule has 0 saturated heterocycles. The number of aryl methyl sites for hydroxylation is 1. The molecule has 0 aliphatic heterocycles. The largest absolute Gasteiger partial charge is 0.0914 e. The quantitative estimate of drug-likeness (QED) is 0.478. The molecule has 0 spiro atoms. The average molecular weight is 349 g/mol. The number of rotatable bonds is 3. The fourth-order valence-corrected chi connectivity index (χ4v) is 4.84. The molecule has 0 heteroatoms. The van der Waals surface area contributed by atoms with Crippen molar-refractivity contribution in [3.63, 3.8) is 0 Å². The Balaban J connectivity index is -0.00000115. The molecule has 0 radical (unpaired) electrons. The Morgan fingerprint density at radius 3 is 1.72 bits per heavy atom. The Bertz CT molecular complexity index is 476. The lowest BCUT2D eigenvalue weighted by molar-refractivity contribution is 0.171. The minimum absolute atomic E-state index is 0. The Labute approximate surface area is 162 Å². The third kappa shape index (κ3) is 6.32. The summed E-state index contributed by atoms with van der Waals surface area (Å²) in [4.78, 5) is 0. The number of hydrogen-bond donors (Lipinski definition) is 0. The number of benzene rings is 1. The van der Waals surface area contributed by atoms with Crippen molar-refractivity contribution in [2.24, 2.45) is 17.8 Å². The van der Waals surface area contributed by atoms with Gasteiger partial charge in [-0.05, 0) is 94.4 Å². The molecule has 0 unspecified atom stereocenters. The van der Waals surface area contributed by atoms with Gasteiger partial charge in [0.05, 0.1) is 0 Å². The van der Waals surface area contributed by atoms with Gasteiger partial charge in [0.15, 0.2) is 0 Å². The van der Waals surface area contributed by atoms with E-state index in [-0.39, 0.29) is 25.1 Å². The van der Waals surface area contributed by atoms with Crippen LogP contribution in [0.3, 0.4) is 0 Å². The standard InChI is InChI=1S/C22H32.3CH4.2H2/c1-3-4-18-7-11-20(12-8-18)22-15-13-21(14-16-22)19-9-5-17(2)6-10-19;;;;;/h3-6,9-10,18,20-22H,7-8,11-16H2,1-2H3;3*1H4;2*1H/b4-3+;;;;;. The first-order chi connectivity index (χ1) is 10.8. The van der Waals surface area contributed by atoms with E-state index < -0.39 is 0 Å². The third-order valence-electron chi connectivity index (χ3n) is 6.27. The van der Waals surface area contributed by atoms with Crippen LogP contribution in [0.5, 0.6) is 0 Å². The van der Waals surface area contributed by atoms with E-state index >= 15 is 0 Å². The van der Waals surface area contributed by atoms with Crippen molar-refractivity contribution >= 4 is 0 Å². The summed E-state index contributed by atoms with van der Waals surface area (Å²) in [7, 11) is 0. The molecule has 0 nitrogen and oxygen atoms in total. The van der Waals surface area contributed by atoms with Gasteiger partial charge in [0.2, 0.25) is 0 Å². The van der Waals surface area contributed by atoms with Gasteiger partial charge in [-0.2, -0.15) is 0 Å². The van der Waals surface area contributed by atoms with Crippen molar-refractivity contribution in [2.45, 2.75) is 93.4 Å². The van der Waals surface area contributed by atoms with E-state index in [2.05, 4.69) is 50.3 Å². The Morgan fingerprint density at radius 1 is 0.760 bits per heavy atom. The molecule has 0 N–H and O–H groups in total. The Morgan fingerprint density at radius 2 is 1.24 bits per heavy atom. The molecule has 2 fully saturated rings. The molecule has 2 aliphatic rings. The molecule has 0 bridgehead atoms. The zero-order valence-electron chi connectivity index (χ0n) is 14.4. The lowest BCUT2D eigenvalue weighted by Crippen LogP contribution is -2.25. The first kappa shape index (κ1) is 24.0. The van der Waals surface area contributed by atoms with Gasteiger partial charge in [0.1, 0.15) is 0 Å². The van der Waals surface area contributed by atoms with Crippen LogP contribution in [0.25, 0.3) is 0 Å². The highest BCUT2D eigenvalue weighted by molar-refractivity contribution is 5.24. The summed E-state index contributed by atoms with van der Waals surface area (Å²) in [6.45, 7) is 4.35. The van der Waals surface area contributed by atoms with E-state index in [1.807, 2.05) is 0 Å². The zero-order chi connectivity index (χ0) is 15.4. The van der Waals surface area contributed by atoms with Gasteiger partial charge >= 0.3 is 0 Å². The van der Waals surface area contributed by atoms with E-state index in [9.17, 15) is 0 Å². The summed E-state index contributed by atoms with van der Waals surface area (Å²) in [6, 6.07) is 9.29. The second-order valence-electron chi connectivity index (χ2n) is 7.72. The summed E-state index contributed by atoms with van der Waals surface area (Å²) >= 11 is 0. The summed E-state index contributed by atoms with van der Waals surface area (Å²) in [5, 5.41) is 0. The molecule has 2 saturated carbocycles. The van der Waals surface area contributed by atoms with Crippen molar-refractivity contribution in [1.29, 1.82) is 0 Å². The molecule has 0 atom stereocenters. The molecule has 0 heterocycles. The minimum Gasteiger partial charge on any atom is -0.0914 e. The van der Waals surface area contributed by atoms with Crippen molar-refractivity contribution in [3.8, 4) is 0 Å². The van der Waals surface area contributed by atoms with E-state index in [4.69, 9.17) is 0 Å². The van der Waals surface area contributed by atoms with Gasteiger partial charge in [0.25, 0.3) is 0 Å². The molecular formula is C25H48. The maximum atomic E-state index is 2.44. The predicted molar refractivity (Wildman–Crippen MR) is 121 cm³/mol. The van der Waals surface area contributed by atoms with Crippen LogP contribution in [0.4, 0.5) is 0 Å². The van der Waals surface area contributed by atoms with Crippen molar-refractivity contribution in [2.75, 3.05) is 0 Å². The summed E-state index contributed by atoms with van der Waals surface area (Å²) < 4.78 is 0. The monoisotopic (exact) mass is 348 g/mol. The molecule has 0 aromatic heterocycles. The molecule has 1 aromatic rings. The number of hydrogen-bond acceptors (Lipinski definition) is 0. The van der Waals surface area contributed by atoms with Gasteiger partial charge in [-0.25, -0.2) is 0 Å². The Hall–Kier alpha value is -1.04. The normalized spacial score (nSPS) is 29.2. The highest BCUT2D eigenvalue weighted by atomic mass is 14.4. The van der Waals surface area contributed by atoms with E-state index in [1.54, 1.807) is 5.56 Å². The summed E-state index contributed by atoms with van der Waals surface area (Å²) in [5.74, 6) is 3.76. The average Bonchev–Trinajstić information content (AvgIpc) is 2.57. The number of allylic oxidation sites excluding steroid dienone is 2. The van der Waals surface area contributed by atoms with Gasteiger partial charge in [-0.15, -0.1) is 0 Å². The van der Waals surface area contributed by atoms with Crippen LogP contribution in [-0.2, 0) is 0 Å². The zero-order valence-corrected chi connectivity index (χ0v) is 14.4. The van der Waals surface area contributed by atoms with Gasteiger partial charge in [-0.3, -0.25) is 0 Å². The fraction of sp³-hybridized carbons (Fsp3) is 0.680. The molecule has 148 valence electrons. The van der Waals surface area contributed by atoms with Crippen molar-refractivity contribution in [1.82, 2.24) is 0 Å². The molecular weight excluding hydrogens is 300 g/mol. The fourth-order valence-electron chi connectivity index (χ4n) is 4.84. The van der Waals surface area contributed by atoms with Gasteiger partial charge in [0, 0.05) is 2.85 Å². The maximum absolute atomic E-state index is 2.44. The van der Waals surface area contributed by atoms with Crippen LogP contribution in [0.1, 0.15) is 100 Å².